The van der Waals surface area contributed by atoms with Crippen molar-refractivity contribution in [3.63, 3.8) is 0 Å². The van der Waals surface area contributed by atoms with E-state index < -0.39 is 0 Å². The first kappa shape index (κ1) is 28.0. The van der Waals surface area contributed by atoms with Gasteiger partial charge in [-0.2, -0.15) is 0 Å². The molecule has 9 heteroatoms. The number of nitrogens with zero attached hydrogens (tertiary/aromatic N) is 2. The minimum Gasteiger partial charge on any atom is -0.379 e. The van der Waals surface area contributed by atoms with Gasteiger partial charge in [-0.05, 0) is 24.1 Å². The third kappa shape index (κ3) is 11.4. The van der Waals surface area contributed by atoms with Crippen LogP contribution >= 0.6 is 24.0 Å². The lowest BCUT2D eigenvalue weighted by atomic mass is 10.0. The second-order valence-electron chi connectivity index (χ2n) is 7.17. The van der Waals surface area contributed by atoms with Crippen molar-refractivity contribution in [3.05, 3.63) is 35.6 Å². The van der Waals surface area contributed by atoms with Crippen molar-refractivity contribution in [2.24, 2.45) is 4.99 Å². The molecule has 1 aromatic carbocycles. The summed E-state index contributed by atoms with van der Waals surface area (Å²) < 4.78 is 29.9. The fourth-order valence-corrected chi connectivity index (χ4v) is 3.26. The highest BCUT2D eigenvalue weighted by atomic mass is 127. The van der Waals surface area contributed by atoms with Crippen LogP contribution in [0.4, 0.5) is 4.39 Å². The molecule has 0 bridgehead atoms. The van der Waals surface area contributed by atoms with E-state index in [1.807, 2.05) is 12.1 Å². The molecule has 0 aromatic heterocycles. The summed E-state index contributed by atoms with van der Waals surface area (Å²) in [5.74, 6) is 0.499. The van der Waals surface area contributed by atoms with Crippen molar-refractivity contribution in [2.45, 2.75) is 25.8 Å². The van der Waals surface area contributed by atoms with E-state index in [4.69, 9.17) is 14.2 Å². The largest absolute Gasteiger partial charge is 0.379 e. The van der Waals surface area contributed by atoms with Crippen LogP contribution in [0.2, 0.25) is 0 Å². The van der Waals surface area contributed by atoms with Crippen molar-refractivity contribution in [1.82, 2.24) is 15.5 Å². The Kier molecular flexibility index (Phi) is 15.9. The molecular weight excluding hydrogens is 514 g/mol. The number of unbranched alkanes of at least 4 members (excludes halogenated alkanes) is 1. The quantitative estimate of drug-likeness (QED) is 0.170. The average Bonchev–Trinajstić information content (AvgIpc) is 2.78. The van der Waals surface area contributed by atoms with Gasteiger partial charge in [0.2, 0.25) is 0 Å². The molecule has 1 saturated heterocycles. The number of hydrogen-bond donors (Lipinski definition) is 2. The summed E-state index contributed by atoms with van der Waals surface area (Å²) in [6.07, 6.45) is 2.23. The highest BCUT2D eigenvalue weighted by molar-refractivity contribution is 14.0. The lowest BCUT2D eigenvalue weighted by Crippen LogP contribution is -2.46. The van der Waals surface area contributed by atoms with Crippen molar-refractivity contribution in [3.8, 4) is 0 Å². The molecule has 31 heavy (non-hydrogen) atoms. The Hall–Kier alpha value is -1.01. The zero-order valence-corrected chi connectivity index (χ0v) is 21.1. The van der Waals surface area contributed by atoms with Gasteiger partial charge in [0.25, 0.3) is 0 Å². The van der Waals surface area contributed by atoms with E-state index in [9.17, 15) is 4.39 Å². The van der Waals surface area contributed by atoms with E-state index >= 15 is 0 Å². The van der Waals surface area contributed by atoms with Crippen LogP contribution in [-0.2, 0) is 14.2 Å². The van der Waals surface area contributed by atoms with Gasteiger partial charge in [0, 0.05) is 39.8 Å². The summed E-state index contributed by atoms with van der Waals surface area (Å²) in [7, 11) is 1.75. The number of ether oxygens (including phenoxy) is 3. The van der Waals surface area contributed by atoms with Gasteiger partial charge in [0.05, 0.1) is 39.1 Å². The number of benzene rings is 1. The first-order valence-electron chi connectivity index (χ1n) is 10.9. The molecule has 2 N–H and O–H groups in total. The molecular formula is C22H38FIN4O3. The molecule has 1 unspecified atom stereocenters. The number of aliphatic imine (C=N–C) groups is 1. The minimum atomic E-state index is -0.222. The van der Waals surface area contributed by atoms with Crippen LogP contribution in [0.5, 0.6) is 0 Å². The van der Waals surface area contributed by atoms with Crippen molar-refractivity contribution in [2.75, 3.05) is 72.9 Å². The predicted octanol–water partition coefficient (Wildman–Crippen LogP) is 2.82. The molecule has 0 amide bonds. The standard InChI is InChI=1S/C22H37FN4O3.HI/c1-3-4-12-28-16-17-29-13-9-25-22(24-2)26-18-21(27-10-14-30-15-11-27)19-5-7-20(23)8-6-19;/h5-8,21H,3-4,9-18H2,1-2H3,(H2,24,25,26);1H. The number of morpholine rings is 1. The summed E-state index contributed by atoms with van der Waals surface area (Å²) >= 11 is 0. The SMILES string of the molecule is CCCCOCCOCCNC(=NC)NCC(c1ccc(F)cc1)N1CCOCC1.I. The molecule has 1 atom stereocenters. The number of guanidine groups is 1. The second kappa shape index (κ2) is 17.5. The van der Waals surface area contributed by atoms with Gasteiger partial charge < -0.3 is 24.8 Å². The fourth-order valence-electron chi connectivity index (χ4n) is 3.26. The van der Waals surface area contributed by atoms with Crippen LogP contribution in [0.25, 0.3) is 0 Å². The Morgan fingerprint density at radius 3 is 2.42 bits per heavy atom. The first-order chi connectivity index (χ1) is 14.7. The zero-order chi connectivity index (χ0) is 21.4. The Morgan fingerprint density at radius 2 is 1.77 bits per heavy atom. The highest BCUT2D eigenvalue weighted by Crippen LogP contribution is 2.21. The van der Waals surface area contributed by atoms with Gasteiger partial charge in [-0.25, -0.2) is 4.39 Å². The third-order valence-electron chi connectivity index (χ3n) is 4.98. The van der Waals surface area contributed by atoms with Crippen LogP contribution in [0, 0.1) is 5.82 Å². The Morgan fingerprint density at radius 1 is 1.10 bits per heavy atom. The minimum absolute atomic E-state index is 0. The molecule has 0 radical (unpaired) electrons. The maximum atomic E-state index is 13.4. The number of nitrogens with one attached hydrogen (secondary N) is 2. The van der Waals surface area contributed by atoms with Crippen LogP contribution in [-0.4, -0.2) is 83.7 Å². The smallest absolute Gasteiger partial charge is 0.191 e. The fraction of sp³-hybridized carbons (Fsp3) is 0.682. The van der Waals surface area contributed by atoms with E-state index in [0.717, 1.165) is 44.1 Å². The zero-order valence-electron chi connectivity index (χ0n) is 18.8. The summed E-state index contributed by atoms with van der Waals surface area (Å²) in [4.78, 5) is 6.65. The monoisotopic (exact) mass is 552 g/mol. The summed E-state index contributed by atoms with van der Waals surface area (Å²) in [5, 5.41) is 6.66. The molecule has 2 rings (SSSR count). The molecule has 1 aliphatic heterocycles. The molecule has 0 spiro atoms. The van der Waals surface area contributed by atoms with Crippen molar-refractivity contribution < 1.29 is 18.6 Å². The van der Waals surface area contributed by atoms with Crippen molar-refractivity contribution in [1.29, 1.82) is 0 Å². The highest BCUT2D eigenvalue weighted by Gasteiger charge is 2.23. The maximum Gasteiger partial charge on any atom is 0.191 e. The normalized spacial score (nSPS) is 15.9. The number of rotatable bonds is 13. The van der Waals surface area contributed by atoms with Gasteiger partial charge in [-0.3, -0.25) is 9.89 Å². The van der Waals surface area contributed by atoms with Gasteiger partial charge in [-0.15, -0.1) is 24.0 Å². The molecule has 0 saturated carbocycles. The van der Waals surface area contributed by atoms with E-state index in [1.165, 1.54) is 12.1 Å². The second-order valence-corrected chi connectivity index (χ2v) is 7.17. The molecule has 1 aliphatic rings. The van der Waals surface area contributed by atoms with Crippen LogP contribution in [0.1, 0.15) is 31.4 Å². The average molecular weight is 552 g/mol. The van der Waals surface area contributed by atoms with Gasteiger partial charge in [0.1, 0.15) is 5.82 Å². The number of halogens is 2. The lowest BCUT2D eigenvalue weighted by molar-refractivity contribution is 0.0169. The summed E-state index contributed by atoms with van der Waals surface area (Å²) in [6.45, 7) is 9.21. The molecule has 1 fully saturated rings. The molecule has 1 heterocycles. The van der Waals surface area contributed by atoms with Crippen LogP contribution < -0.4 is 10.6 Å². The van der Waals surface area contributed by atoms with Gasteiger partial charge >= 0.3 is 0 Å². The van der Waals surface area contributed by atoms with E-state index in [0.29, 0.717) is 46.1 Å². The lowest BCUT2D eigenvalue weighted by Gasteiger charge is -2.35. The predicted molar refractivity (Wildman–Crippen MR) is 133 cm³/mol. The van der Waals surface area contributed by atoms with E-state index in [1.54, 1.807) is 7.05 Å². The number of hydrogen-bond acceptors (Lipinski definition) is 5. The first-order valence-corrected chi connectivity index (χ1v) is 10.9. The van der Waals surface area contributed by atoms with Crippen LogP contribution in [0.15, 0.2) is 29.3 Å². The maximum absolute atomic E-state index is 13.4. The van der Waals surface area contributed by atoms with Crippen LogP contribution in [0.3, 0.4) is 0 Å². The topological polar surface area (TPSA) is 67.4 Å². The molecule has 7 nitrogen and oxygen atoms in total. The molecule has 1 aromatic rings. The summed E-state index contributed by atoms with van der Waals surface area (Å²) in [5.41, 5.74) is 1.08. The Bertz CT molecular complexity index is 601. The van der Waals surface area contributed by atoms with E-state index in [2.05, 4.69) is 27.4 Å². The third-order valence-corrected chi connectivity index (χ3v) is 4.98. The Labute approximate surface area is 203 Å². The summed E-state index contributed by atoms with van der Waals surface area (Å²) in [6, 6.07) is 6.84. The molecule has 178 valence electrons. The van der Waals surface area contributed by atoms with Gasteiger partial charge in [0.15, 0.2) is 5.96 Å². The Balaban J connectivity index is 0.00000480. The van der Waals surface area contributed by atoms with Crippen molar-refractivity contribution >= 4 is 29.9 Å². The van der Waals surface area contributed by atoms with Gasteiger partial charge in [-0.1, -0.05) is 25.5 Å². The molecule has 0 aliphatic carbocycles. The van der Waals surface area contributed by atoms with E-state index in [-0.39, 0.29) is 35.8 Å².